The largest absolute Gasteiger partial charge is 0.461 e. The molecule has 1 N–H and O–H groups in total. The van der Waals surface area contributed by atoms with Crippen LogP contribution in [0, 0.1) is 6.92 Å². The molecule has 0 aliphatic heterocycles. The fourth-order valence-electron chi connectivity index (χ4n) is 4.45. The minimum atomic E-state index is -0.418. The van der Waals surface area contributed by atoms with Crippen LogP contribution in [0.2, 0.25) is 0 Å². The van der Waals surface area contributed by atoms with Crippen molar-refractivity contribution in [1.29, 1.82) is 0 Å². The summed E-state index contributed by atoms with van der Waals surface area (Å²) >= 11 is 0. The second-order valence-corrected chi connectivity index (χ2v) is 8.03. The number of rotatable bonds is 5. The molecule has 0 spiro atoms. The lowest BCUT2D eigenvalue weighted by Gasteiger charge is -2.12. The molecule has 4 heteroatoms. The molecule has 1 heterocycles. The average molecular weight is 434 g/mol. The molecule has 5 rings (SSSR count). The van der Waals surface area contributed by atoms with Crippen molar-refractivity contribution in [3.05, 3.63) is 119 Å². The van der Waals surface area contributed by atoms with E-state index in [1.165, 1.54) is 0 Å². The molecule has 0 saturated carbocycles. The van der Waals surface area contributed by atoms with Crippen molar-refractivity contribution < 1.29 is 14.3 Å². The Morgan fingerprint density at radius 1 is 0.788 bits per heavy atom. The second kappa shape index (κ2) is 8.40. The van der Waals surface area contributed by atoms with E-state index < -0.39 is 5.97 Å². The number of benzene rings is 3. The SMILES string of the molecule is CCOC(=O)c1[nH]cc(C2=C(c3ccccc3)C(=O)c3ccccc32)c1-c1ccc(C)cc1. The van der Waals surface area contributed by atoms with Crippen LogP contribution >= 0.6 is 0 Å². The van der Waals surface area contributed by atoms with E-state index >= 15 is 0 Å². The smallest absolute Gasteiger partial charge is 0.355 e. The number of allylic oxidation sites excluding steroid dienone is 1. The van der Waals surface area contributed by atoms with E-state index in [0.717, 1.165) is 39.0 Å². The highest BCUT2D eigenvalue weighted by molar-refractivity contribution is 6.42. The van der Waals surface area contributed by atoms with Gasteiger partial charge in [-0.1, -0.05) is 84.4 Å². The molecule has 3 aromatic carbocycles. The van der Waals surface area contributed by atoms with Gasteiger partial charge < -0.3 is 9.72 Å². The van der Waals surface area contributed by atoms with E-state index in [2.05, 4.69) is 4.98 Å². The van der Waals surface area contributed by atoms with Gasteiger partial charge >= 0.3 is 5.97 Å². The monoisotopic (exact) mass is 433 g/mol. The Morgan fingerprint density at radius 3 is 2.15 bits per heavy atom. The van der Waals surface area contributed by atoms with Gasteiger partial charge in [-0.3, -0.25) is 4.79 Å². The number of ketones is 1. The number of carbonyl (C=O) groups is 2. The molecule has 1 aromatic heterocycles. The second-order valence-electron chi connectivity index (χ2n) is 8.03. The lowest BCUT2D eigenvalue weighted by atomic mass is 9.90. The summed E-state index contributed by atoms with van der Waals surface area (Å²) in [4.78, 5) is 29.6. The normalized spacial score (nSPS) is 12.7. The number of ether oxygens (including phenoxy) is 1. The number of H-pyrrole nitrogens is 1. The van der Waals surface area contributed by atoms with E-state index in [-0.39, 0.29) is 12.4 Å². The zero-order chi connectivity index (χ0) is 22.9. The Hall–Kier alpha value is -4.18. The Balaban J connectivity index is 1.83. The van der Waals surface area contributed by atoms with Gasteiger partial charge in [0.05, 0.1) is 6.61 Å². The highest BCUT2D eigenvalue weighted by atomic mass is 16.5. The predicted octanol–water partition coefficient (Wildman–Crippen LogP) is 6.32. The van der Waals surface area contributed by atoms with Crippen LogP contribution < -0.4 is 0 Å². The number of aryl methyl sites for hydroxylation is 1. The number of fused-ring (bicyclic) bond motifs is 1. The summed E-state index contributed by atoms with van der Waals surface area (Å²) < 4.78 is 5.34. The van der Waals surface area contributed by atoms with E-state index in [1.54, 1.807) is 6.92 Å². The van der Waals surface area contributed by atoms with Gasteiger partial charge in [-0.15, -0.1) is 0 Å². The third-order valence-corrected chi connectivity index (χ3v) is 5.95. The van der Waals surface area contributed by atoms with E-state index in [4.69, 9.17) is 4.74 Å². The van der Waals surface area contributed by atoms with Crippen molar-refractivity contribution in [2.24, 2.45) is 0 Å². The molecule has 1 aliphatic carbocycles. The maximum Gasteiger partial charge on any atom is 0.355 e. The van der Waals surface area contributed by atoms with Crippen LogP contribution in [0.3, 0.4) is 0 Å². The number of hydrogen-bond donors (Lipinski definition) is 1. The third kappa shape index (κ3) is 3.50. The van der Waals surface area contributed by atoms with Gasteiger partial charge in [0.15, 0.2) is 5.78 Å². The minimum absolute atomic E-state index is 0.0134. The lowest BCUT2D eigenvalue weighted by molar-refractivity contribution is 0.0521. The fourth-order valence-corrected chi connectivity index (χ4v) is 4.45. The number of esters is 1. The van der Waals surface area contributed by atoms with Crippen LogP contribution in [0.25, 0.3) is 22.3 Å². The predicted molar refractivity (Wildman–Crippen MR) is 130 cm³/mol. The molecular weight excluding hydrogens is 410 g/mol. The lowest BCUT2D eigenvalue weighted by Crippen LogP contribution is -2.07. The molecule has 0 radical (unpaired) electrons. The average Bonchev–Trinajstić information content (AvgIpc) is 3.40. The third-order valence-electron chi connectivity index (χ3n) is 5.95. The van der Waals surface area contributed by atoms with Crippen molar-refractivity contribution in [3.63, 3.8) is 0 Å². The summed E-state index contributed by atoms with van der Waals surface area (Å²) in [6, 6.07) is 25.4. The van der Waals surface area contributed by atoms with Gasteiger partial charge in [-0.25, -0.2) is 4.79 Å². The van der Waals surface area contributed by atoms with Crippen LogP contribution in [-0.2, 0) is 4.74 Å². The summed E-state index contributed by atoms with van der Waals surface area (Å²) in [5.74, 6) is -0.431. The first-order valence-corrected chi connectivity index (χ1v) is 11.0. The summed E-state index contributed by atoms with van der Waals surface area (Å²) in [6.45, 7) is 4.09. The van der Waals surface area contributed by atoms with Crippen molar-refractivity contribution >= 4 is 22.9 Å². The standard InChI is InChI=1S/C29H23NO3/c1-3-33-29(32)27-24(20-15-13-18(2)14-16-20)23(17-30-27)26-21-11-7-8-12-22(21)28(31)25(26)19-9-5-4-6-10-19/h4-17,30H,3H2,1-2H3. The van der Waals surface area contributed by atoms with Crippen molar-refractivity contribution in [3.8, 4) is 11.1 Å². The van der Waals surface area contributed by atoms with E-state index in [0.29, 0.717) is 16.8 Å². The Kier molecular flexibility index (Phi) is 5.27. The molecule has 162 valence electrons. The van der Waals surface area contributed by atoms with Crippen LogP contribution in [0.5, 0.6) is 0 Å². The van der Waals surface area contributed by atoms with Crippen molar-refractivity contribution in [2.45, 2.75) is 13.8 Å². The zero-order valence-electron chi connectivity index (χ0n) is 18.5. The Morgan fingerprint density at radius 2 is 1.45 bits per heavy atom. The van der Waals surface area contributed by atoms with Gasteiger partial charge in [0, 0.05) is 34.0 Å². The maximum absolute atomic E-state index is 13.6. The van der Waals surface area contributed by atoms with Crippen LogP contribution in [0.4, 0.5) is 0 Å². The molecule has 0 bridgehead atoms. The van der Waals surface area contributed by atoms with Crippen LogP contribution in [-0.4, -0.2) is 23.3 Å². The molecule has 1 aliphatic rings. The summed E-state index contributed by atoms with van der Waals surface area (Å²) in [7, 11) is 0. The van der Waals surface area contributed by atoms with Crippen molar-refractivity contribution in [2.75, 3.05) is 6.61 Å². The first-order valence-electron chi connectivity index (χ1n) is 11.0. The number of aromatic nitrogens is 1. The minimum Gasteiger partial charge on any atom is -0.461 e. The highest BCUT2D eigenvalue weighted by Crippen LogP contribution is 2.45. The van der Waals surface area contributed by atoms with Gasteiger partial charge in [-0.05, 0) is 30.5 Å². The molecule has 0 saturated heterocycles. The Labute approximate surface area is 192 Å². The first-order chi connectivity index (χ1) is 16.1. The van der Waals surface area contributed by atoms with Crippen LogP contribution in [0.1, 0.15) is 50.0 Å². The summed E-state index contributed by atoms with van der Waals surface area (Å²) in [5, 5.41) is 0. The van der Waals surface area contributed by atoms with E-state index in [1.807, 2.05) is 92.0 Å². The zero-order valence-corrected chi connectivity index (χ0v) is 18.5. The Bertz CT molecular complexity index is 1390. The number of nitrogens with one attached hydrogen (secondary N) is 1. The summed E-state index contributed by atoms with van der Waals surface area (Å²) in [6.07, 6.45) is 1.81. The topological polar surface area (TPSA) is 59.2 Å². The van der Waals surface area contributed by atoms with Gasteiger partial charge in [-0.2, -0.15) is 0 Å². The molecule has 0 unspecified atom stereocenters. The first kappa shape index (κ1) is 20.7. The summed E-state index contributed by atoms with van der Waals surface area (Å²) in [5.41, 5.74) is 7.78. The highest BCUT2D eigenvalue weighted by Gasteiger charge is 2.34. The van der Waals surface area contributed by atoms with Crippen molar-refractivity contribution in [1.82, 2.24) is 4.98 Å². The molecule has 0 fully saturated rings. The van der Waals surface area contributed by atoms with E-state index in [9.17, 15) is 9.59 Å². The number of carbonyl (C=O) groups excluding carboxylic acids is 2. The fraction of sp³-hybridized carbons (Fsp3) is 0.103. The molecule has 33 heavy (non-hydrogen) atoms. The van der Waals surface area contributed by atoms with Crippen LogP contribution in [0.15, 0.2) is 85.1 Å². The number of aromatic amines is 1. The van der Waals surface area contributed by atoms with Gasteiger partial charge in [0.2, 0.25) is 0 Å². The molecular formula is C29H23NO3. The molecule has 0 atom stereocenters. The molecule has 0 amide bonds. The number of hydrogen-bond acceptors (Lipinski definition) is 3. The molecule has 4 nitrogen and oxygen atoms in total. The maximum atomic E-state index is 13.6. The van der Waals surface area contributed by atoms with Gasteiger partial charge in [0.25, 0.3) is 0 Å². The quantitative estimate of drug-likeness (QED) is 0.375. The molecule has 4 aromatic rings. The number of Topliss-reactive ketones (excluding diaryl/α,β-unsaturated/α-hetero) is 1. The van der Waals surface area contributed by atoms with Gasteiger partial charge in [0.1, 0.15) is 5.69 Å².